The van der Waals surface area contributed by atoms with Crippen molar-refractivity contribution in [2.75, 3.05) is 31.2 Å². The van der Waals surface area contributed by atoms with Crippen molar-refractivity contribution in [3.8, 4) is 5.75 Å². The highest BCUT2D eigenvalue weighted by atomic mass is 19.4. The number of alkyl halides is 3. The largest absolute Gasteiger partial charge is 0.490 e. The molecule has 4 heterocycles. The third-order valence-electron chi connectivity index (χ3n) is 5.16. The number of fused-ring (bicyclic) bond motifs is 1. The normalized spacial score (nSPS) is 17.2. The number of hydrogen-bond acceptors (Lipinski definition) is 7. The number of hydrogen-bond donors (Lipinski definition) is 2. The number of likely N-dealkylation sites (tertiary alicyclic amines) is 1. The zero-order valence-corrected chi connectivity index (χ0v) is 16.6. The molecular formula is C19H20F3N7O2. The molecule has 1 atom stereocenters. The minimum atomic E-state index is -4.67. The average molecular weight is 435 g/mol. The maximum Gasteiger partial charge on any atom is 0.433 e. The number of rotatable bonds is 5. The summed E-state index contributed by atoms with van der Waals surface area (Å²) in [5, 5.41) is 6.47. The van der Waals surface area contributed by atoms with Crippen LogP contribution in [0.2, 0.25) is 0 Å². The summed E-state index contributed by atoms with van der Waals surface area (Å²) in [6, 6.07) is 2.62. The Morgan fingerprint density at radius 3 is 2.90 bits per heavy atom. The number of anilines is 2. The number of likely N-dealkylation sites (N-methyl/N-ethyl adjacent to an activating group) is 1. The number of aromatic nitrogens is 4. The molecule has 3 aromatic heterocycles. The Labute approximate surface area is 175 Å². The van der Waals surface area contributed by atoms with E-state index in [1.54, 1.807) is 6.07 Å². The first kappa shape index (κ1) is 20.8. The molecule has 0 bridgehead atoms. The van der Waals surface area contributed by atoms with E-state index in [9.17, 15) is 18.0 Å². The Morgan fingerprint density at radius 1 is 1.39 bits per heavy atom. The van der Waals surface area contributed by atoms with Crippen molar-refractivity contribution in [1.82, 2.24) is 24.5 Å². The van der Waals surface area contributed by atoms with Crippen molar-refractivity contribution in [2.45, 2.75) is 25.1 Å². The number of amides is 1. The summed E-state index contributed by atoms with van der Waals surface area (Å²) in [4.78, 5) is 22.6. The Bertz CT molecular complexity index is 1120. The van der Waals surface area contributed by atoms with Crippen LogP contribution in [0.25, 0.3) is 5.65 Å². The molecule has 4 rings (SSSR count). The molecule has 31 heavy (non-hydrogen) atoms. The highest BCUT2D eigenvalue weighted by Crippen LogP contribution is 2.30. The number of nitrogen functional groups attached to an aromatic ring is 1. The van der Waals surface area contributed by atoms with Gasteiger partial charge >= 0.3 is 6.18 Å². The lowest BCUT2D eigenvalue weighted by molar-refractivity contribution is -0.141. The van der Waals surface area contributed by atoms with Crippen LogP contribution < -0.4 is 15.8 Å². The average Bonchev–Trinajstić information content (AvgIpc) is 3.27. The van der Waals surface area contributed by atoms with E-state index in [1.807, 2.05) is 7.05 Å². The zero-order chi connectivity index (χ0) is 22.2. The van der Waals surface area contributed by atoms with Gasteiger partial charge in [-0.2, -0.15) is 13.2 Å². The lowest BCUT2D eigenvalue weighted by Crippen LogP contribution is -2.30. The topological polar surface area (TPSA) is 111 Å². The molecule has 3 N–H and O–H groups in total. The molecule has 0 spiro atoms. The van der Waals surface area contributed by atoms with Gasteiger partial charge < -0.3 is 20.7 Å². The molecule has 0 aromatic carbocycles. The van der Waals surface area contributed by atoms with Crippen molar-refractivity contribution < 1.29 is 22.7 Å². The summed E-state index contributed by atoms with van der Waals surface area (Å²) in [5.74, 6) is -0.624. The first-order chi connectivity index (χ1) is 14.7. The summed E-state index contributed by atoms with van der Waals surface area (Å²) < 4.78 is 46.0. The van der Waals surface area contributed by atoms with E-state index in [0.29, 0.717) is 12.4 Å². The number of nitrogens with zero attached hydrogens (tertiary/aromatic N) is 5. The van der Waals surface area contributed by atoms with Crippen molar-refractivity contribution >= 4 is 23.1 Å². The summed E-state index contributed by atoms with van der Waals surface area (Å²) >= 11 is 0. The number of carbonyl (C=O) groups is 1. The van der Waals surface area contributed by atoms with Crippen LogP contribution in [0.4, 0.5) is 24.7 Å². The molecule has 0 radical (unpaired) electrons. The number of carbonyl (C=O) groups excluding carboxylic acids is 1. The minimum Gasteiger partial charge on any atom is -0.490 e. The second-order valence-corrected chi connectivity index (χ2v) is 7.25. The summed E-state index contributed by atoms with van der Waals surface area (Å²) in [6.07, 6.45) is 1.38. The highest BCUT2D eigenvalue weighted by molar-refractivity contribution is 6.12. The molecule has 164 valence electrons. The van der Waals surface area contributed by atoms with E-state index in [4.69, 9.17) is 10.5 Å². The van der Waals surface area contributed by atoms with Crippen molar-refractivity contribution in [2.24, 2.45) is 0 Å². The van der Waals surface area contributed by atoms with E-state index in [2.05, 4.69) is 25.3 Å². The number of halogens is 3. The number of nitrogens with one attached hydrogen (secondary N) is 1. The Morgan fingerprint density at radius 2 is 2.19 bits per heavy atom. The Hall–Kier alpha value is -3.41. The highest BCUT2D eigenvalue weighted by Gasteiger charge is 2.34. The smallest absolute Gasteiger partial charge is 0.433 e. The molecule has 0 unspecified atom stereocenters. The van der Waals surface area contributed by atoms with Gasteiger partial charge in [0.15, 0.2) is 11.5 Å². The van der Waals surface area contributed by atoms with Gasteiger partial charge in [-0.1, -0.05) is 0 Å². The van der Waals surface area contributed by atoms with Gasteiger partial charge in [0.05, 0.1) is 6.20 Å². The molecule has 1 fully saturated rings. The molecule has 3 aromatic rings. The summed E-state index contributed by atoms with van der Waals surface area (Å²) in [5.41, 5.74) is 4.34. The number of ether oxygens (including phenoxy) is 1. The lowest BCUT2D eigenvalue weighted by Gasteiger charge is -2.20. The third-order valence-corrected chi connectivity index (χ3v) is 5.16. The maximum atomic E-state index is 13.0. The van der Waals surface area contributed by atoms with Gasteiger partial charge in [-0.3, -0.25) is 9.78 Å². The van der Waals surface area contributed by atoms with E-state index in [1.165, 1.54) is 12.4 Å². The molecule has 9 nitrogen and oxygen atoms in total. The molecule has 12 heteroatoms. The van der Waals surface area contributed by atoms with Crippen LogP contribution in [0.15, 0.2) is 30.7 Å². The van der Waals surface area contributed by atoms with Gasteiger partial charge in [-0.15, -0.1) is 5.10 Å². The molecule has 0 saturated carbocycles. The third kappa shape index (κ3) is 4.24. The monoisotopic (exact) mass is 435 g/mol. The number of nitrogens with two attached hydrogens (primary N) is 1. The fourth-order valence-electron chi connectivity index (χ4n) is 3.48. The molecule has 1 saturated heterocycles. The van der Waals surface area contributed by atoms with E-state index in [-0.39, 0.29) is 28.8 Å². The zero-order valence-electron chi connectivity index (χ0n) is 16.6. The lowest BCUT2D eigenvalue weighted by atomic mass is 10.2. The summed E-state index contributed by atoms with van der Waals surface area (Å²) in [6.45, 7) is 1.42. The SMILES string of the molecule is CN1CCC[C@@H]1COc1ccncc1NC(=O)c1c(N)nn2ccc(C(F)(F)F)nc12. The van der Waals surface area contributed by atoms with Crippen molar-refractivity contribution in [3.05, 3.63) is 42.0 Å². The Kier molecular flexibility index (Phi) is 5.39. The second-order valence-electron chi connectivity index (χ2n) is 7.25. The van der Waals surface area contributed by atoms with E-state index < -0.39 is 17.8 Å². The van der Waals surface area contributed by atoms with Crippen LogP contribution in [0.3, 0.4) is 0 Å². The standard InChI is InChI=1S/C19H20F3N7O2/c1-28-7-2-3-11(28)10-31-13-4-6-24-9-12(13)25-18(30)15-16(23)27-29-8-5-14(19(20,21)22)26-17(15)29/h4-6,8-9,11H,2-3,7,10H2,1H3,(H2,23,27)(H,25,30)/t11-/m1/s1. The van der Waals surface area contributed by atoms with Crippen LogP contribution in [-0.4, -0.2) is 56.6 Å². The predicted molar refractivity (Wildman–Crippen MR) is 106 cm³/mol. The van der Waals surface area contributed by atoms with Gasteiger partial charge in [0.2, 0.25) is 0 Å². The van der Waals surface area contributed by atoms with Gasteiger partial charge in [-0.05, 0) is 32.5 Å². The fraction of sp³-hybridized carbons (Fsp3) is 0.368. The van der Waals surface area contributed by atoms with E-state index in [0.717, 1.165) is 36.2 Å². The first-order valence-corrected chi connectivity index (χ1v) is 9.54. The van der Waals surface area contributed by atoms with Crippen molar-refractivity contribution in [1.29, 1.82) is 0 Å². The molecular weight excluding hydrogens is 415 g/mol. The van der Waals surface area contributed by atoms with Crippen LogP contribution in [0.1, 0.15) is 28.9 Å². The van der Waals surface area contributed by atoms with Crippen LogP contribution in [-0.2, 0) is 6.18 Å². The minimum absolute atomic E-state index is 0.247. The fourth-order valence-corrected chi connectivity index (χ4v) is 3.48. The molecule has 1 amide bonds. The van der Waals surface area contributed by atoms with Gasteiger partial charge in [0.1, 0.15) is 29.3 Å². The quantitative estimate of drug-likeness (QED) is 0.633. The van der Waals surface area contributed by atoms with Gasteiger partial charge in [0, 0.05) is 24.5 Å². The van der Waals surface area contributed by atoms with Gasteiger partial charge in [-0.25, -0.2) is 9.50 Å². The van der Waals surface area contributed by atoms with Crippen LogP contribution in [0.5, 0.6) is 5.75 Å². The Balaban J connectivity index is 1.59. The molecule has 1 aliphatic heterocycles. The van der Waals surface area contributed by atoms with Crippen molar-refractivity contribution in [3.63, 3.8) is 0 Å². The number of pyridine rings is 1. The van der Waals surface area contributed by atoms with Crippen LogP contribution in [0, 0.1) is 0 Å². The summed E-state index contributed by atoms with van der Waals surface area (Å²) in [7, 11) is 2.02. The van der Waals surface area contributed by atoms with Gasteiger partial charge in [0.25, 0.3) is 5.91 Å². The second kappa shape index (κ2) is 8.02. The predicted octanol–water partition coefficient (Wildman–Crippen LogP) is 2.45. The van der Waals surface area contributed by atoms with E-state index >= 15 is 0 Å². The first-order valence-electron chi connectivity index (χ1n) is 9.54. The van der Waals surface area contributed by atoms with Crippen LogP contribution >= 0.6 is 0 Å². The maximum absolute atomic E-state index is 13.0. The molecule has 1 aliphatic rings. The molecule has 0 aliphatic carbocycles.